The maximum absolute atomic E-state index is 10.2. The number of hydrogen-bond acceptors (Lipinski definition) is 4. The van der Waals surface area contributed by atoms with E-state index in [2.05, 4.69) is 10.7 Å². The van der Waals surface area contributed by atoms with Crippen molar-refractivity contribution in [3.05, 3.63) is 0 Å². The van der Waals surface area contributed by atoms with Crippen LogP contribution in [0.5, 0.6) is 0 Å². The van der Waals surface area contributed by atoms with Crippen LogP contribution in [-0.2, 0) is 14.4 Å². The Hall–Kier alpha value is -1.72. The first kappa shape index (κ1) is 12.9. The van der Waals surface area contributed by atoms with Gasteiger partial charge < -0.3 is 16.3 Å². The normalized spacial score (nSPS) is 10.3. The van der Waals surface area contributed by atoms with Gasteiger partial charge in [0.05, 0.1) is 6.42 Å². The van der Waals surface area contributed by atoms with E-state index < -0.39 is 24.3 Å². The van der Waals surface area contributed by atoms with Gasteiger partial charge in [0.15, 0.2) is 6.04 Å². The lowest BCUT2D eigenvalue weighted by Gasteiger charge is -1.99. The van der Waals surface area contributed by atoms with Crippen molar-refractivity contribution in [2.45, 2.75) is 12.5 Å². The van der Waals surface area contributed by atoms with Crippen LogP contribution < -0.4 is 5.73 Å². The highest BCUT2D eigenvalue weighted by Gasteiger charge is 2.18. The zero-order valence-corrected chi connectivity index (χ0v) is 5.98. The van der Waals surface area contributed by atoms with E-state index in [0.717, 1.165) is 6.08 Å². The lowest BCUT2D eigenvalue weighted by atomic mass is 10.2. The number of isocyanates is 1. The molecule has 0 aromatic rings. The molecule has 1 unspecified atom stereocenters. The number of nitrogens with two attached hydrogens (primary N) is 1. The summed E-state index contributed by atoms with van der Waals surface area (Å²) in [6.45, 7) is 0. The van der Waals surface area contributed by atoms with Gasteiger partial charge in [0.2, 0.25) is 12.0 Å². The predicted molar refractivity (Wildman–Crippen MR) is 37.0 cm³/mol. The molecule has 1 amide bonds. The number of carbonyl (C=O) groups excluding carboxylic acids is 2. The molecule has 7 heteroatoms. The topological polar surface area (TPSA) is 141 Å². The molecule has 5 N–H and O–H groups in total. The zero-order valence-electron chi connectivity index (χ0n) is 5.98. The van der Waals surface area contributed by atoms with Crippen molar-refractivity contribution < 1.29 is 25.0 Å². The van der Waals surface area contributed by atoms with Gasteiger partial charge in [-0.15, -0.1) is 0 Å². The Bertz CT molecular complexity index is 218. The number of aliphatic carboxylic acids is 1. The summed E-state index contributed by atoms with van der Waals surface area (Å²) < 4.78 is 0. The number of carboxylic acid groups (broad SMARTS) is 1. The molecule has 0 rings (SSSR count). The summed E-state index contributed by atoms with van der Waals surface area (Å²) in [4.78, 5) is 32.8. The molecule has 0 aliphatic heterocycles. The van der Waals surface area contributed by atoms with E-state index in [1.165, 1.54) is 0 Å². The number of aliphatic imine (C=N–C) groups is 1. The Morgan fingerprint density at radius 2 is 2.08 bits per heavy atom. The van der Waals surface area contributed by atoms with E-state index in [4.69, 9.17) is 5.11 Å². The van der Waals surface area contributed by atoms with Crippen LogP contribution in [0.4, 0.5) is 0 Å². The van der Waals surface area contributed by atoms with Crippen molar-refractivity contribution in [2.24, 2.45) is 10.7 Å². The van der Waals surface area contributed by atoms with Crippen molar-refractivity contribution >= 4 is 18.0 Å². The van der Waals surface area contributed by atoms with E-state index in [1.807, 2.05) is 0 Å². The van der Waals surface area contributed by atoms with Crippen LogP contribution in [0.25, 0.3) is 0 Å². The van der Waals surface area contributed by atoms with Crippen molar-refractivity contribution in [3.63, 3.8) is 0 Å². The van der Waals surface area contributed by atoms with Gasteiger partial charge in [-0.05, 0) is 0 Å². The van der Waals surface area contributed by atoms with Crippen molar-refractivity contribution in [1.29, 1.82) is 0 Å². The number of primary amides is 1. The van der Waals surface area contributed by atoms with Gasteiger partial charge in [-0.3, -0.25) is 4.79 Å². The summed E-state index contributed by atoms with van der Waals surface area (Å²) in [6, 6.07) is -1.40. The van der Waals surface area contributed by atoms with Crippen LogP contribution in [0.1, 0.15) is 6.42 Å². The Morgan fingerprint density at radius 1 is 1.58 bits per heavy atom. The zero-order chi connectivity index (χ0) is 8.85. The predicted octanol–water partition coefficient (Wildman–Crippen LogP) is -2.17. The second kappa shape index (κ2) is 6.02. The summed E-state index contributed by atoms with van der Waals surface area (Å²) >= 11 is 0. The first-order valence-electron chi connectivity index (χ1n) is 2.66. The first-order chi connectivity index (χ1) is 5.07. The van der Waals surface area contributed by atoms with Gasteiger partial charge in [0, 0.05) is 0 Å². The fourth-order valence-electron chi connectivity index (χ4n) is 0.442. The molecule has 0 aromatic carbocycles. The molecule has 1 atom stereocenters. The Labute approximate surface area is 67.2 Å². The van der Waals surface area contributed by atoms with Crippen LogP contribution in [0.3, 0.4) is 0 Å². The van der Waals surface area contributed by atoms with Crippen molar-refractivity contribution in [2.75, 3.05) is 0 Å². The summed E-state index contributed by atoms with van der Waals surface area (Å²) in [7, 11) is 0. The molecule has 12 heavy (non-hydrogen) atoms. The molecule has 0 aliphatic carbocycles. The van der Waals surface area contributed by atoms with Crippen LogP contribution in [0, 0.1) is 0 Å². The largest absolute Gasteiger partial charge is 0.480 e. The minimum Gasteiger partial charge on any atom is -0.480 e. The van der Waals surface area contributed by atoms with Gasteiger partial charge in [0.25, 0.3) is 0 Å². The molecular weight excluding hydrogens is 168 g/mol. The van der Waals surface area contributed by atoms with Gasteiger partial charge in [-0.1, -0.05) is 0 Å². The standard InChI is InChI=1S/C5H6N2O4.H2O/c6-4(9)1-3(5(10)11)7-2-8;/h3H,1H2,(H2,6,9)(H,10,11);1H2. The summed E-state index contributed by atoms with van der Waals surface area (Å²) in [5.41, 5.74) is 4.67. The molecule has 0 saturated heterocycles. The quantitative estimate of drug-likeness (QED) is 0.371. The van der Waals surface area contributed by atoms with Crippen LogP contribution in [0.15, 0.2) is 4.99 Å². The molecule has 0 heterocycles. The Kier molecular flexibility index (Phi) is 6.48. The Balaban J connectivity index is 0. The summed E-state index contributed by atoms with van der Waals surface area (Å²) in [5, 5.41) is 8.27. The molecule has 0 saturated carbocycles. The molecule has 0 aliphatic rings. The fraction of sp³-hybridized carbons (Fsp3) is 0.400. The molecular formula is C5H8N2O5. The lowest BCUT2D eigenvalue weighted by molar-refractivity contribution is -0.140. The van der Waals surface area contributed by atoms with Crippen LogP contribution >= 0.6 is 0 Å². The lowest BCUT2D eigenvalue weighted by Crippen LogP contribution is -2.25. The smallest absolute Gasteiger partial charge is 0.329 e. The highest BCUT2D eigenvalue weighted by atomic mass is 16.4. The molecule has 0 aromatic heterocycles. The fourth-order valence-corrected chi connectivity index (χ4v) is 0.442. The van der Waals surface area contributed by atoms with Crippen LogP contribution in [-0.4, -0.2) is 34.6 Å². The number of rotatable bonds is 4. The molecule has 0 spiro atoms. The third-order valence-electron chi connectivity index (χ3n) is 0.888. The Morgan fingerprint density at radius 3 is 2.33 bits per heavy atom. The molecule has 0 fully saturated rings. The third kappa shape index (κ3) is 5.10. The van der Waals surface area contributed by atoms with Crippen molar-refractivity contribution in [1.82, 2.24) is 0 Å². The van der Waals surface area contributed by atoms with Crippen LogP contribution in [0.2, 0.25) is 0 Å². The van der Waals surface area contributed by atoms with Crippen molar-refractivity contribution in [3.8, 4) is 0 Å². The van der Waals surface area contributed by atoms with E-state index in [0.29, 0.717) is 0 Å². The number of carbonyl (C=O) groups is 2. The molecule has 0 bridgehead atoms. The minimum atomic E-state index is -1.40. The SMILES string of the molecule is NC(=O)CC(N=C=O)C(=O)O.O. The highest BCUT2D eigenvalue weighted by molar-refractivity contribution is 5.83. The van der Waals surface area contributed by atoms with E-state index >= 15 is 0 Å². The van der Waals surface area contributed by atoms with Gasteiger partial charge in [-0.2, -0.15) is 4.99 Å². The summed E-state index contributed by atoms with van der Waals surface area (Å²) in [6.07, 6.45) is 0.559. The van der Waals surface area contributed by atoms with E-state index in [9.17, 15) is 14.4 Å². The number of amides is 1. The van der Waals surface area contributed by atoms with E-state index in [-0.39, 0.29) is 5.48 Å². The van der Waals surface area contributed by atoms with Gasteiger partial charge in [-0.25, -0.2) is 9.59 Å². The second-order valence-corrected chi connectivity index (χ2v) is 1.74. The monoisotopic (exact) mass is 176 g/mol. The van der Waals surface area contributed by atoms with Gasteiger partial charge >= 0.3 is 5.97 Å². The molecule has 0 radical (unpaired) electrons. The maximum Gasteiger partial charge on any atom is 0.329 e. The molecule has 68 valence electrons. The average molecular weight is 176 g/mol. The highest BCUT2D eigenvalue weighted by Crippen LogP contribution is 1.95. The number of hydrogen-bond donors (Lipinski definition) is 2. The average Bonchev–Trinajstić information content (AvgIpc) is 1.86. The third-order valence-corrected chi connectivity index (χ3v) is 0.888. The van der Waals surface area contributed by atoms with E-state index in [1.54, 1.807) is 0 Å². The number of nitrogens with zero attached hydrogens (tertiary/aromatic N) is 1. The number of carboxylic acids is 1. The second-order valence-electron chi connectivity index (χ2n) is 1.74. The minimum absolute atomic E-state index is 0. The van der Waals surface area contributed by atoms with Gasteiger partial charge in [0.1, 0.15) is 0 Å². The maximum atomic E-state index is 10.2. The molecule has 7 nitrogen and oxygen atoms in total. The summed E-state index contributed by atoms with van der Waals surface area (Å²) in [5.74, 6) is -2.19. The first-order valence-corrected chi connectivity index (χ1v) is 2.66.